The summed E-state index contributed by atoms with van der Waals surface area (Å²) in [4.78, 5) is 19.6. The van der Waals surface area contributed by atoms with Crippen molar-refractivity contribution < 1.29 is 27.4 Å². The molecule has 0 aliphatic carbocycles. The first-order valence-corrected chi connectivity index (χ1v) is 15.6. The number of hydrogen-bond acceptors (Lipinski definition) is 9. The highest BCUT2D eigenvalue weighted by atomic mass is 35.5. The molecule has 15 heteroatoms. The minimum atomic E-state index is -4.63. The van der Waals surface area contributed by atoms with Crippen LogP contribution in [0.3, 0.4) is 0 Å². The molecule has 1 N–H and O–H groups in total. The van der Waals surface area contributed by atoms with Crippen LogP contribution in [0.5, 0.6) is 11.5 Å². The van der Waals surface area contributed by atoms with Crippen molar-refractivity contribution in [3.63, 3.8) is 0 Å². The number of ether oxygens (including phenoxy) is 3. The molecule has 0 saturated carbocycles. The van der Waals surface area contributed by atoms with Gasteiger partial charge in [-0.1, -0.05) is 23.7 Å². The van der Waals surface area contributed by atoms with Crippen LogP contribution in [0.4, 0.5) is 13.2 Å². The Labute approximate surface area is 273 Å². The molecule has 5 aromatic rings. The van der Waals surface area contributed by atoms with E-state index in [4.69, 9.17) is 30.8 Å². The lowest BCUT2D eigenvalue weighted by Crippen LogP contribution is -2.34. The molecule has 47 heavy (non-hydrogen) atoms. The van der Waals surface area contributed by atoms with Crippen LogP contribution in [-0.4, -0.2) is 65.9 Å². The molecule has 0 radical (unpaired) electrons. The number of piperidine rings is 1. The molecular weight excluding hydrogens is 637 g/mol. The van der Waals surface area contributed by atoms with Crippen molar-refractivity contribution in [1.29, 1.82) is 0 Å². The second-order valence-corrected chi connectivity index (χ2v) is 12.4. The quantitative estimate of drug-likeness (QED) is 0.202. The van der Waals surface area contributed by atoms with Crippen molar-refractivity contribution in [2.75, 3.05) is 20.2 Å². The van der Waals surface area contributed by atoms with Gasteiger partial charge in [-0.3, -0.25) is 20.0 Å². The van der Waals surface area contributed by atoms with Gasteiger partial charge in [-0.05, 0) is 63.0 Å². The van der Waals surface area contributed by atoms with Gasteiger partial charge in [-0.2, -0.15) is 18.3 Å². The molecule has 6 heterocycles. The summed E-state index contributed by atoms with van der Waals surface area (Å²) in [6.45, 7) is 6.60. The molecule has 7 rings (SSSR count). The number of para-hydroxylation sites is 1. The van der Waals surface area contributed by atoms with Gasteiger partial charge in [0.1, 0.15) is 17.2 Å². The Kier molecular flexibility index (Phi) is 8.05. The number of rotatable bonds is 8. The zero-order valence-electron chi connectivity index (χ0n) is 25.9. The highest BCUT2D eigenvalue weighted by Gasteiger charge is 2.42. The Morgan fingerprint density at radius 1 is 1.11 bits per heavy atom. The maximum atomic E-state index is 13.1. The van der Waals surface area contributed by atoms with Crippen LogP contribution in [0, 0.1) is 0 Å². The third-order valence-corrected chi connectivity index (χ3v) is 8.96. The number of benzene rings is 1. The third kappa shape index (κ3) is 6.12. The highest BCUT2D eigenvalue weighted by Crippen LogP contribution is 2.49. The predicted molar refractivity (Wildman–Crippen MR) is 166 cm³/mol. The van der Waals surface area contributed by atoms with Gasteiger partial charge in [0.2, 0.25) is 5.82 Å². The van der Waals surface area contributed by atoms with Crippen molar-refractivity contribution in [3.05, 3.63) is 76.7 Å². The van der Waals surface area contributed by atoms with Crippen LogP contribution in [0.25, 0.3) is 22.6 Å². The van der Waals surface area contributed by atoms with Crippen molar-refractivity contribution >= 4 is 22.6 Å². The van der Waals surface area contributed by atoms with Crippen molar-refractivity contribution in [1.82, 2.24) is 39.6 Å². The normalized spacial score (nSPS) is 19.5. The fourth-order valence-corrected chi connectivity index (χ4v) is 6.29. The van der Waals surface area contributed by atoms with Crippen LogP contribution >= 0.6 is 11.6 Å². The fourth-order valence-electron chi connectivity index (χ4n) is 6.18. The number of imidazole rings is 1. The molecule has 2 aliphatic rings. The SMILES string of the molecule is CO[C@H](C)Cn1c(CN2CCC(c3cccc4c3OC(C)(c3ccc(Cl)cn3)O4)CC2)nc2cc(-c3n[nH]c(C(F)(F)F)n3)ncc21. The molecule has 1 saturated heterocycles. The zero-order chi connectivity index (χ0) is 32.9. The van der Waals surface area contributed by atoms with Gasteiger partial charge in [0.25, 0.3) is 5.79 Å². The number of pyridine rings is 2. The van der Waals surface area contributed by atoms with E-state index < -0.39 is 17.8 Å². The minimum Gasteiger partial charge on any atom is -0.443 e. The molecule has 1 aromatic carbocycles. The number of halogens is 4. The van der Waals surface area contributed by atoms with E-state index in [-0.39, 0.29) is 23.5 Å². The van der Waals surface area contributed by atoms with Crippen molar-refractivity contribution in [2.24, 2.45) is 0 Å². The molecule has 1 unspecified atom stereocenters. The number of aromatic nitrogens is 7. The van der Waals surface area contributed by atoms with Crippen LogP contribution < -0.4 is 9.47 Å². The first kappa shape index (κ1) is 31.3. The number of likely N-dealkylation sites (tertiary alicyclic amines) is 1. The summed E-state index contributed by atoms with van der Waals surface area (Å²) in [5.74, 6) is 0.155. The predicted octanol–water partition coefficient (Wildman–Crippen LogP) is 6.34. The number of aromatic amines is 1. The van der Waals surface area contributed by atoms with Gasteiger partial charge >= 0.3 is 6.18 Å². The van der Waals surface area contributed by atoms with Crippen LogP contribution in [0.2, 0.25) is 5.02 Å². The average Bonchev–Trinajstić information content (AvgIpc) is 3.77. The molecule has 0 bridgehead atoms. The van der Waals surface area contributed by atoms with E-state index in [2.05, 4.69) is 35.6 Å². The first-order valence-electron chi connectivity index (χ1n) is 15.2. The topological polar surface area (TPSA) is 116 Å². The lowest BCUT2D eigenvalue weighted by molar-refractivity contribution is -0.144. The molecule has 0 amide bonds. The van der Waals surface area contributed by atoms with Gasteiger partial charge in [0.15, 0.2) is 17.3 Å². The summed E-state index contributed by atoms with van der Waals surface area (Å²) in [6.07, 6.45) is 0.257. The zero-order valence-corrected chi connectivity index (χ0v) is 26.6. The number of hydrogen-bond donors (Lipinski definition) is 1. The average molecular weight is 669 g/mol. The Balaban J connectivity index is 1.08. The van der Waals surface area contributed by atoms with Crippen LogP contribution in [-0.2, 0) is 29.8 Å². The van der Waals surface area contributed by atoms with Gasteiger partial charge < -0.3 is 18.8 Å². The van der Waals surface area contributed by atoms with Gasteiger partial charge in [0.05, 0.1) is 41.4 Å². The number of alkyl halides is 3. The molecule has 2 atom stereocenters. The smallest absolute Gasteiger partial charge is 0.443 e. The standard InChI is InChI=1S/C32H32ClF3N8O3/c1-18(45-3)16-44-24-15-37-23(29-40-30(42-41-29)32(34,35)36)13-22(24)39-27(44)17-43-11-9-19(10-12-43)21-5-4-6-25-28(21)47-31(2,46-25)26-8-7-20(33)14-38-26/h4-8,13-15,18-19H,9-12,16-17H2,1-3H3,(H,40,41,42)/t18-,31?/m1/s1. The van der Waals surface area contributed by atoms with E-state index in [0.29, 0.717) is 35.1 Å². The van der Waals surface area contributed by atoms with Crippen LogP contribution in [0.15, 0.2) is 48.8 Å². The number of H-pyrrole nitrogens is 1. The number of methoxy groups -OCH3 is 1. The Hall–Kier alpha value is -4.27. The lowest BCUT2D eigenvalue weighted by atomic mass is 9.88. The third-order valence-electron chi connectivity index (χ3n) is 8.73. The molecule has 2 aliphatic heterocycles. The van der Waals surface area contributed by atoms with E-state index in [0.717, 1.165) is 48.6 Å². The summed E-state index contributed by atoms with van der Waals surface area (Å²) in [7, 11) is 1.65. The fraction of sp³-hybridized carbons (Fsp3) is 0.406. The van der Waals surface area contributed by atoms with Crippen molar-refractivity contribution in [3.8, 4) is 23.0 Å². The monoisotopic (exact) mass is 668 g/mol. The summed E-state index contributed by atoms with van der Waals surface area (Å²) in [5, 5.41) is 6.20. The maximum absolute atomic E-state index is 13.1. The second-order valence-electron chi connectivity index (χ2n) is 12.0. The molecule has 0 spiro atoms. The van der Waals surface area contributed by atoms with Gasteiger partial charge in [-0.25, -0.2) is 9.97 Å². The van der Waals surface area contributed by atoms with Crippen molar-refractivity contribution in [2.45, 2.75) is 63.8 Å². The van der Waals surface area contributed by atoms with Crippen LogP contribution in [0.1, 0.15) is 55.5 Å². The largest absolute Gasteiger partial charge is 0.451 e. The second kappa shape index (κ2) is 12.1. The molecular formula is C32H32ClF3N8O3. The first-order chi connectivity index (χ1) is 22.5. The summed E-state index contributed by atoms with van der Waals surface area (Å²) >= 11 is 6.04. The number of fused-ring (bicyclic) bond motifs is 2. The summed E-state index contributed by atoms with van der Waals surface area (Å²) in [5.41, 5.74) is 3.30. The summed E-state index contributed by atoms with van der Waals surface area (Å²) in [6, 6.07) is 11.2. The molecule has 11 nitrogen and oxygen atoms in total. The Morgan fingerprint density at radius 3 is 2.62 bits per heavy atom. The van der Waals surface area contributed by atoms with E-state index in [9.17, 15) is 13.2 Å². The van der Waals surface area contributed by atoms with Gasteiger partial charge in [0, 0.05) is 25.8 Å². The van der Waals surface area contributed by atoms with E-state index >= 15 is 0 Å². The molecule has 246 valence electrons. The Bertz CT molecular complexity index is 1910. The molecule has 1 fully saturated rings. The minimum absolute atomic E-state index is 0.102. The maximum Gasteiger partial charge on any atom is 0.451 e. The summed E-state index contributed by atoms with van der Waals surface area (Å²) < 4.78 is 59.6. The van der Waals surface area contributed by atoms with E-state index in [1.165, 1.54) is 0 Å². The lowest BCUT2D eigenvalue weighted by Gasteiger charge is -2.32. The van der Waals surface area contributed by atoms with E-state index in [1.54, 1.807) is 31.6 Å². The number of nitrogens with one attached hydrogen (secondary N) is 1. The van der Waals surface area contributed by atoms with E-state index in [1.807, 2.05) is 37.1 Å². The highest BCUT2D eigenvalue weighted by molar-refractivity contribution is 6.30. The number of nitrogens with zero attached hydrogens (tertiary/aromatic N) is 7. The Morgan fingerprint density at radius 2 is 1.91 bits per heavy atom. The molecule has 4 aromatic heterocycles. The van der Waals surface area contributed by atoms with Gasteiger partial charge in [-0.15, -0.1) is 0 Å².